The Labute approximate surface area is 85.2 Å². The summed E-state index contributed by atoms with van der Waals surface area (Å²) in [5.41, 5.74) is 6.46. The number of hydrogen-bond donors (Lipinski definition) is 1. The number of nitrogens with two attached hydrogens (primary N) is 1. The van der Waals surface area contributed by atoms with Gasteiger partial charge in [-0.2, -0.15) is 0 Å². The number of nitrogens with zero attached hydrogens (tertiary/aromatic N) is 1. The van der Waals surface area contributed by atoms with Gasteiger partial charge in [-0.1, -0.05) is 0 Å². The van der Waals surface area contributed by atoms with E-state index in [-0.39, 0.29) is 5.75 Å². The molecule has 0 fully saturated rings. The zero-order chi connectivity index (χ0) is 11.6. The first-order valence-corrected chi connectivity index (χ1v) is 4.12. The minimum atomic E-state index is -4.68. The Morgan fingerprint density at radius 3 is 2.33 bits per heavy atom. The van der Waals surface area contributed by atoms with Crippen molar-refractivity contribution >= 4 is 11.4 Å². The van der Waals surface area contributed by atoms with Crippen molar-refractivity contribution in [2.24, 2.45) is 0 Å². The van der Waals surface area contributed by atoms with E-state index in [1.54, 1.807) is 19.0 Å². The fraction of sp³-hybridized carbons (Fsp3) is 0.333. The van der Waals surface area contributed by atoms with Crippen LogP contribution in [0.25, 0.3) is 0 Å². The molecule has 0 aliphatic rings. The highest BCUT2D eigenvalue weighted by Gasteiger charge is 2.31. The number of nitrogen functional groups attached to an aromatic ring is 1. The van der Waals surface area contributed by atoms with Gasteiger partial charge in [-0.3, -0.25) is 0 Å². The maximum absolute atomic E-state index is 11.9. The van der Waals surface area contributed by atoms with E-state index in [1.807, 2.05) is 0 Å². The van der Waals surface area contributed by atoms with E-state index in [0.717, 1.165) is 0 Å². The van der Waals surface area contributed by atoms with Gasteiger partial charge in [0.2, 0.25) is 0 Å². The van der Waals surface area contributed by atoms with Crippen molar-refractivity contribution in [2.45, 2.75) is 6.36 Å². The second-order valence-corrected chi connectivity index (χ2v) is 3.16. The predicted molar refractivity (Wildman–Crippen MR) is 51.9 cm³/mol. The summed E-state index contributed by atoms with van der Waals surface area (Å²) < 4.78 is 39.5. The van der Waals surface area contributed by atoms with Crippen LogP contribution in [0.5, 0.6) is 5.75 Å². The van der Waals surface area contributed by atoms with Gasteiger partial charge in [0.05, 0.1) is 11.4 Å². The Kier molecular flexibility index (Phi) is 2.97. The van der Waals surface area contributed by atoms with Crippen LogP contribution in [-0.4, -0.2) is 20.5 Å². The van der Waals surface area contributed by atoms with Crippen molar-refractivity contribution in [3.63, 3.8) is 0 Å². The molecule has 3 nitrogen and oxygen atoms in total. The second kappa shape index (κ2) is 3.88. The average molecular weight is 220 g/mol. The molecule has 0 radical (unpaired) electrons. The van der Waals surface area contributed by atoms with E-state index in [4.69, 9.17) is 5.73 Å². The number of benzene rings is 1. The quantitative estimate of drug-likeness (QED) is 0.777. The maximum Gasteiger partial charge on any atom is 0.573 e. The second-order valence-electron chi connectivity index (χ2n) is 3.16. The van der Waals surface area contributed by atoms with Gasteiger partial charge >= 0.3 is 6.36 Å². The van der Waals surface area contributed by atoms with Gasteiger partial charge < -0.3 is 15.4 Å². The van der Waals surface area contributed by atoms with Crippen LogP contribution in [0.1, 0.15) is 0 Å². The number of halogens is 3. The van der Waals surface area contributed by atoms with Gasteiger partial charge in [0, 0.05) is 20.2 Å². The topological polar surface area (TPSA) is 38.5 Å². The van der Waals surface area contributed by atoms with E-state index >= 15 is 0 Å². The summed E-state index contributed by atoms with van der Waals surface area (Å²) in [5.74, 6) is -0.277. The van der Waals surface area contributed by atoms with Gasteiger partial charge in [-0.25, -0.2) is 0 Å². The monoisotopic (exact) mass is 220 g/mol. The minimum Gasteiger partial charge on any atom is -0.406 e. The molecule has 1 rings (SSSR count). The molecule has 0 heterocycles. The number of anilines is 2. The number of alkyl halides is 3. The molecule has 0 atom stereocenters. The summed E-state index contributed by atoms with van der Waals surface area (Å²) in [6.45, 7) is 0. The third kappa shape index (κ3) is 3.23. The highest BCUT2D eigenvalue weighted by Crippen LogP contribution is 2.30. The van der Waals surface area contributed by atoms with E-state index in [1.165, 1.54) is 18.2 Å². The van der Waals surface area contributed by atoms with Crippen LogP contribution in [0.15, 0.2) is 18.2 Å². The minimum absolute atomic E-state index is 0.277. The highest BCUT2D eigenvalue weighted by molar-refractivity contribution is 5.68. The van der Waals surface area contributed by atoms with E-state index < -0.39 is 6.36 Å². The van der Waals surface area contributed by atoms with Crippen LogP contribution < -0.4 is 15.4 Å². The Morgan fingerprint density at radius 1 is 1.27 bits per heavy atom. The normalized spacial score (nSPS) is 11.3. The number of ether oxygens (including phenoxy) is 1. The Hall–Kier alpha value is -1.59. The van der Waals surface area contributed by atoms with Crippen LogP contribution in [0.3, 0.4) is 0 Å². The van der Waals surface area contributed by atoms with E-state index in [0.29, 0.717) is 11.4 Å². The molecule has 0 spiro atoms. The van der Waals surface area contributed by atoms with Gasteiger partial charge in [-0.05, 0) is 12.1 Å². The molecule has 1 aromatic carbocycles. The Bertz CT molecular complexity index is 350. The summed E-state index contributed by atoms with van der Waals surface area (Å²) in [7, 11) is 3.37. The first kappa shape index (κ1) is 11.5. The average Bonchev–Trinajstić information content (AvgIpc) is 2.05. The highest BCUT2D eigenvalue weighted by atomic mass is 19.4. The Morgan fingerprint density at radius 2 is 1.87 bits per heavy atom. The molecule has 0 bridgehead atoms. The van der Waals surface area contributed by atoms with Crippen molar-refractivity contribution in [2.75, 3.05) is 24.7 Å². The maximum atomic E-state index is 11.9. The number of hydrogen-bond acceptors (Lipinski definition) is 3. The summed E-state index contributed by atoms with van der Waals surface area (Å²) >= 11 is 0. The molecule has 6 heteroatoms. The molecule has 0 amide bonds. The van der Waals surface area contributed by atoms with Gasteiger partial charge in [0.15, 0.2) is 0 Å². The van der Waals surface area contributed by atoms with Crippen molar-refractivity contribution in [3.05, 3.63) is 18.2 Å². The SMILES string of the molecule is CN(C)c1cc(OC(F)(F)F)ccc1N. The lowest BCUT2D eigenvalue weighted by Gasteiger charge is -2.17. The van der Waals surface area contributed by atoms with Gasteiger partial charge in [-0.15, -0.1) is 13.2 Å². The van der Waals surface area contributed by atoms with Gasteiger partial charge in [0.1, 0.15) is 5.75 Å². The zero-order valence-corrected chi connectivity index (χ0v) is 8.30. The molecule has 15 heavy (non-hydrogen) atoms. The standard InChI is InChI=1S/C9H11F3N2O/c1-14(2)8-5-6(3-4-7(8)13)15-9(10,11)12/h3-5H,13H2,1-2H3. The molecule has 2 N–H and O–H groups in total. The van der Waals surface area contributed by atoms with Crippen molar-refractivity contribution in [1.82, 2.24) is 0 Å². The fourth-order valence-corrected chi connectivity index (χ4v) is 1.11. The Balaban J connectivity index is 2.98. The van der Waals surface area contributed by atoms with Crippen LogP contribution in [0, 0.1) is 0 Å². The summed E-state index contributed by atoms with van der Waals surface area (Å²) in [4.78, 5) is 1.61. The van der Waals surface area contributed by atoms with Crippen LogP contribution in [0.4, 0.5) is 24.5 Å². The smallest absolute Gasteiger partial charge is 0.406 e. The lowest BCUT2D eigenvalue weighted by Crippen LogP contribution is -2.18. The van der Waals surface area contributed by atoms with Crippen molar-refractivity contribution in [1.29, 1.82) is 0 Å². The van der Waals surface area contributed by atoms with E-state index in [9.17, 15) is 13.2 Å². The third-order valence-electron chi connectivity index (χ3n) is 1.72. The summed E-state index contributed by atoms with van der Waals surface area (Å²) in [5, 5.41) is 0. The van der Waals surface area contributed by atoms with Crippen molar-refractivity contribution in [3.8, 4) is 5.75 Å². The molecule has 0 aliphatic heterocycles. The van der Waals surface area contributed by atoms with Gasteiger partial charge in [0.25, 0.3) is 0 Å². The van der Waals surface area contributed by atoms with Crippen LogP contribution >= 0.6 is 0 Å². The lowest BCUT2D eigenvalue weighted by molar-refractivity contribution is -0.274. The zero-order valence-electron chi connectivity index (χ0n) is 8.30. The molecule has 1 aromatic rings. The molecule has 0 aliphatic carbocycles. The summed E-state index contributed by atoms with van der Waals surface area (Å²) in [6, 6.07) is 3.79. The molecular formula is C9H11F3N2O. The largest absolute Gasteiger partial charge is 0.573 e. The molecule has 84 valence electrons. The summed E-state index contributed by atoms with van der Waals surface area (Å²) in [6.07, 6.45) is -4.68. The first-order chi connectivity index (χ1) is 6.79. The molecule has 0 saturated heterocycles. The predicted octanol–water partition coefficient (Wildman–Crippen LogP) is 2.23. The first-order valence-electron chi connectivity index (χ1n) is 4.12. The van der Waals surface area contributed by atoms with E-state index in [2.05, 4.69) is 4.74 Å². The molecular weight excluding hydrogens is 209 g/mol. The third-order valence-corrected chi connectivity index (χ3v) is 1.72. The van der Waals surface area contributed by atoms with Crippen LogP contribution in [-0.2, 0) is 0 Å². The number of rotatable bonds is 2. The molecule has 0 saturated carbocycles. The van der Waals surface area contributed by atoms with Crippen LogP contribution in [0.2, 0.25) is 0 Å². The molecule has 0 unspecified atom stereocenters. The molecule has 0 aromatic heterocycles. The lowest BCUT2D eigenvalue weighted by atomic mass is 10.2. The fourth-order valence-electron chi connectivity index (χ4n) is 1.11. The van der Waals surface area contributed by atoms with Crippen molar-refractivity contribution < 1.29 is 17.9 Å².